The summed E-state index contributed by atoms with van der Waals surface area (Å²) in [6, 6.07) is 2.83. The van der Waals surface area contributed by atoms with Crippen molar-refractivity contribution in [1.82, 2.24) is 4.72 Å². The van der Waals surface area contributed by atoms with Crippen molar-refractivity contribution in [3.63, 3.8) is 0 Å². The summed E-state index contributed by atoms with van der Waals surface area (Å²) in [6.07, 6.45) is 0.831. The summed E-state index contributed by atoms with van der Waals surface area (Å²) in [5, 5.41) is 8.76. The maximum absolute atomic E-state index is 12.2. The Balaban J connectivity index is 2.81. The van der Waals surface area contributed by atoms with Gasteiger partial charge in [-0.3, -0.25) is 4.79 Å². The summed E-state index contributed by atoms with van der Waals surface area (Å²) in [6.45, 7) is 0.142. The molecule has 9 heteroatoms. The van der Waals surface area contributed by atoms with Crippen LogP contribution in [0.2, 0.25) is 5.02 Å². The largest absolute Gasteiger partial charge is 0.494 e. The van der Waals surface area contributed by atoms with Gasteiger partial charge in [-0.15, -0.1) is 0 Å². The Labute approximate surface area is 136 Å². The molecule has 0 bridgehead atoms. The number of methoxy groups -OCH3 is 1. The van der Waals surface area contributed by atoms with E-state index < -0.39 is 16.0 Å². The van der Waals surface area contributed by atoms with Gasteiger partial charge in [0.25, 0.3) is 0 Å². The fraction of sp³-hybridized carbons (Fsp3) is 0.417. The van der Waals surface area contributed by atoms with Crippen LogP contribution in [0.25, 0.3) is 0 Å². The molecule has 118 valence electrons. The van der Waals surface area contributed by atoms with E-state index in [1.54, 1.807) is 0 Å². The number of carboxylic acids is 1. The highest BCUT2D eigenvalue weighted by Crippen LogP contribution is 2.35. The number of ether oxygens (including phenoxy) is 1. The lowest BCUT2D eigenvalue weighted by molar-refractivity contribution is -0.137. The Morgan fingerprint density at radius 3 is 2.67 bits per heavy atom. The molecule has 0 aliphatic heterocycles. The van der Waals surface area contributed by atoms with Crippen molar-refractivity contribution in [2.75, 3.05) is 13.7 Å². The summed E-state index contributed by atoms with van der Waals surface area (Å²) in [4.78, 5) is 10.3. The predicted octanol–water partition coefficient (Wildman–Crippen LogP) is 2.64. The number of hydrogen-bond acceptors (Lipinski definition) is 4. The standard InChI is InChI=1S/C12H15BrClNO5S/c1-20-12-9(13)6-8(14)7-10(12)21(18,19)15-5-3-2-4-11(16)17/h6-7,15H,2-5H2,1H3,(H,16,17). The lowest BCUT2D eigenvalue weighted by atomic mass is 10.2. The van der Waals surface area contributed by atoms with Crippen LogP contribution in [0.3, 0.4) is 0 Å². The van der Waals surface area contributed by atoms with Crippen LogP contribution in [0.4, 0.5) is 0 Å². The second kappa shape index (κ2) is 7.98. The van der Waals surface area contributed by atoms with Crippen molar-refractivity contribution in [2.45, 2.75) is 24.2 Å². The molecule has 1 aromatic rings. The third-order valence-corrected chi connectivity index (χ3v) is 4.85. The molecule has 0 amide bonds. The van der Waals surface area contributed by atoms with Gasteiger partial charge in [-0.1, -0.05) is 11.6 Å². The van der Waals surface area contributed by atoms with E-state index in [0.717, 1.165) is 0 Å². The molecule has 0 aromatic heterocycles. The molecule has 0 aliphatic rings. The van der Waals surface area contributed by atoms with Gasteiger partial charge in [-0.25, -0.2) is 13.1 Å². The van der Waals surface area contributed by atoms with Gasteiger partial charge >= 0.3 is 5.97 Å². The average Bonchev–Trinajstić information content (AvgIpc) is 2.37. The molecule has 0 saturated carbocycles. The number of sulfonamides is 1. The fourth-order valence-corrected chi connectivity index (χ4v) is 4.08. The third-order valence-electron chi connectivity index (χ3n) is 2.58. The zero-order chi connectivity index (χ0) is 16.0. The van der Waals surface area contributed by atoms with Crippen LogP contribution < -0.4 is 9.46 Å². The lowest BCUT2D eigenvalue weighted by Crippen LogP contribution is -2.25. The summed E-state index contributed by atoms with van der Waals surface area (Å²) >= 11 is 9.05. The molecule has 21 heavy (non-hydrogen) atoms. The average molecular weight is 401 g/mol. The number of halogens is 2. The number of nitrogens with one attached hydrogen (secondary N) is 1. The van der Waals surface area contributed by atoms with Gasteiger partial charge in [-0.05, 0) is 40.9 Å². The van der Waals surface area contributed by atoms with E-state index in [4.69, 9.17) is 21.4 Å². The first-order chi connectivity index (χ1) is 9.77. The van der Waals surface area contributed by atoms with E-state index in [1.165, 1.54) is 19.2 Å². The van der Waals surface area contributed by atoms with Gasteiger partial charge in [0, 0.05) is 18.0 Å². The van der Waals surface area contributed by atoms with Crippen LogP contribution in [0.5, 0.6) is 5.75 Å². The van der Waals surface area contributed by atoms with Crippen LogP contribution in [0, 0.1) is 0 Å². The number of aliphatic carboxylic acids is 1. The van der Waals surface area contributed by atoms with E-state index in [1.807, 2.05) is 0 Å². The Kier molecular flexibility index (Phi) is 6.92. The maximum atomic E-state index is 12.2. The SMILES string of the molecule is COc1c(Br)cc(Cl)cc1S(=O)(=O)NCCCCC(=O)O. The molecule has 0 radical (unpaired) electrons. The smallest absolute Gasteiger partial charge is 0.303 e. The summed E-state index contributed by atoms with van der Waals surface area (Å²) in [5.41, 5.74) is 0. The van der Waals surface area contributed by atoms with Gasteiger partial charge < -0.3 is 9.84 Å². The first-order valence-corrected chi connectivity index (χ1v) is 8.68. The molecule has 0 spiro atoms. The van der Waals surface area contributed by atoms with E-state index in [-0.39, 0.29) is 28.6 Å². The van der Waals surface area contributed by atoms with Gasteiger partial charge in [0.2, 0.25) is 10.0 Å². The minimum atomic E-state index is -3.79. The first-order valence-electron chi connectivity index (χ1n) is 6.02. The number of unbranched alkanes of at least 4 members (excludes halogenated alkanes) is 1. The van der Waals surface area contributed by atoms with Crippen molar-refractivity contribution >= 4 is 43.5 Å². The van der Waals surface area contributed by atoms with Crippen molar-refractivity contribution in [3.05, 3.63) is 21.6 Å². The van der Waals surface area contributed by atoms with Gasteiger partial charge in [0.15, 0.2) is 5.75 Å². The molecule has 0 aliphatic carbocycles. The Morgan fingerprint density at radius 1 is 1.43 bits per heavy atom. The molecule has 0 saturated heterocycles. The van der Waals surface area contributed by atoms with Gasteiger partial charge in [0.1, 0.15) is 4.90 Å². The van der Waals surface area contributed by atoms with Crippen LogP contribution >= 0.6 is 27.5 Å². The highest BCUT2D eigenvalue weighted by molar-refractivity contribution is 9.10. The van der Waals surface area contributed by atoms with E-state index in [0.29, 0.717) is 17.3 Å². The molecule has 0 heterocycles. The summed E-state index contributed by atoms with van der Waals surface area (Å²) in [7, 11) is -2.42. The molecule has 0 unspecified atom stereocenters. The van der Waals surface area contributed by atoms with E-state index in [9.17, 15) is 13.2 Å². The van der Waals surface area contributed by atoms with Crippen molar-refractivity contribution in [3.8, 4) is 5.75 Å². The van der Waals surface area contributed by atoms with Crippen LogP contribution in [-0.4, -0.2) is 33.1 Å². The third kappa shape index (κ3) is 5.46. The molecular formula is C12H15BrClNO5S. The molecule has 0 fully saturated rings. The van der Waals surface area contributed by atoms with Crippen LogP contribution in [-0.2, 0) is 14.8 Å². The van der Waals surface area contributed by atoms with Gasteiger partial charge in [-0.2, -0.15) is 0 Å². The van der Waals surface area contributed by atoms with Gasteiger partial charge in [0.05, 0.1) is 11.6 Å². The normalized spacial score (nSPS) is 11.4. The quantitative estimate of drug-likeness (QED) is 0.654. The van der Waals surface area contributed by atoms with E-state index >= 15 is 0 Å². The minimum Gasteiger partial charge on any atom is -0.494 e. The monoisotopic (exact) mass is 399 g/mol. The molecule has 2 N–H and O–H groups in total. The van der Waals surface area contributed by atoms with Crippen molar-refractivity contribution in [1.29, 1.82) is 0 Å². The Morgan fingerprint density at radius 2 is 2.10 bits per heavy atom. The topological polar surface area (TPSA) is 92.7 Å². The zero-order valence-corrected chi connectivity index (χ0v) is 14.4. The molecule has 6 nitrogen and oxygen atoms in total. The highest BCUT2D eigenvalue weighted by Gasteiger charge is 2.22. The zero-order valence-electron chi connectivity index (χ0n) is 11.2. The van der Waals surface area contributed by atoms with Crippen LogP contribution in [0.15, 0.2) is 21.5 Å². The predicted molar refractivity (Wildman–Crippen MR) is 82.4 cm³/mol. The number of carboxylic acid groups (broad SMARTS) is 1. The number of benzene rings is 1. The molecule has 1 aromatic carbocycles. The maximum Gasteiger partial charge on any atom is 0.303 e. The second-order valence-corrected chi connectivity index (χ2v) is 7.19. The van der Waals surface area contributed by atoms with Crippen LogP contribution in [0.1, 0.15) is 19.3 Å². The summed E-state index contributed by atoms with van der Waals surface area (Å²) < 4.78 is 32.4. The molecular weight excluding hydrogens is 386 g/mol. The Hall–Kier alpha value is -0.830. The lowest BCUT2D eigenvalue weighted by Gasteiger charge is -2.12. The number of rotatable bonds is 8. The van der Waals surface area contributed by atoms with Crippen molar-refractivity contribution < 1.29 is 23.1 Å². The fourth-order valence-electron chi connectivity index (χ4n) is 1.62. The molecule has 0 atom stereocenters. The van der Waals surface area contributed by atoms with Crippen molar-refractivity contribution in [2.24, 2.45) is 0 Å². The number of carbonyl (C=O) groups is 1. The number of hydrogen-bond donors (Lipinski definition) is 2. The summed E-state index contributed by atoms with van der Waals surface area (Å²) in [5.74, 6) is -0.740. The highest BCUT2D eigenvalue weighted by atomic mass is 79.9. The van der Waals surface area contributed by atoms with E-state index in [2.05, 4.69) is 20.7 Å². The minimum absolute atomic E-state index is 0.00770. The second-order valence-electron chi connectivity index (χ2n) is 4.17. The first kappa shape index (κ1) is 18.2. The molecule has 1 rings (SSSR count). The Bertz CT molecular complexity index is 620.